The normalized spacial score (nSPS) is 22.3. The standard InChI is InChI=1S/C18H24N2O/c1-13-5-4-6-15(11-13)20-18(21)10-9-14-12-19-17-8-3-2-7-16(14)17/h2-3,7-8,12-13,15,19H,4-6,9-11H2,1H3,(H,20,21)/t13-,15+/m1/s1. The minimum Gasteiger partial charge on any atom is -0.361 e. The monoisotopic (exact) mass is 284 g/mol. The SMILES string of the molecule is C[C@@H]1CCC[C@H](NC(=O)CCc2c[nH]c3ccccc23)C1. The molecule has 21 heavy (non-hydrogen) atoms. The summed E-state index contributed by atoms with van der Waals surface area (Å²) in [6, 6.07) is 8.65. The summed E-state index contributed by atoms with van der Waals surface area (Å²) < 4.78 is 0. The van der Waals surface area contributed by atoms with Crippen molar-refractivity contribution in [3.8, 4) is 0 Å². The van der Waals surface area contributed by atoms with Gasteiger partial charge in [0.05, 0.1) is 0 Å². The molecule has 2 N–H and O–H groups in total. The Labute approximate surface area is 126 Å². The van der Waals surface area contributed by atoms with Crippen molar-refractivity contribution in [3.63, 3.8) is 0 Å². The van der Waals surface area contributed by atoms with Gasteiger partial charge in [-0.2, -0.15) is 0 Å². The van der Waals surface area contributed by atoms with Crippen molar-refractivity contribution in [2.24, 2.45) is 5.92 Å². The van der Waals surface area contributed by atoms with Crippen molar-refractivity contribution in [1.29, 1.82) is 0 Å². The number of aromatic amines is 1. The number of aromatic nitrogens is 1. The number of fused-ring (bicyclic) bond motifs is 1. The molecular formula is C18H24N2O. The molecule has 1 aromatic heterocycles. The zero-order chi connectivity index (χ0) is 14.7. The first kappa shape index (κ1) is 14.2. The number of rotatable bonds is 4. The predicted molar refractivity (Wildman–Crippen MR) is 86.2 cm³/mol. The van der Waals surface area contributed by atoms with Crippen LogP contribution < -0.4 is 5.32 Å². The van der Waals surface area contributed by atoms with Gasteiger partial charge in [-0.1, -0.05) is 38.0 Å². The lowest BCUT2D eigenvalue weighted by molar-refractivity contribution is -0.122. The van der Waals surface area contributed by atoms with Gasteiger partial charge >= 0.3 is 0 Å². The van der Waals surface area contributed by atoms with Crippen LogP contribution in [0.4, 0.5) is 0 Å². The molecule has 0 radical (unpaired) electrons. The number of carbonyl (C=O) groups excluding carboxylic acids is 1. The van der Waals surface area contributed by atoms with Crippen LogP contribution in [0, 0.1) is 5.92 Å². The average molecular weight is 284 g/mol. The molecule has 2 aromatic rings. The molecule has 0 bridgehead atoms. The lowest BCUT2D eigenvalue weighted by Gasteiger charge is -2.27. The lowest BCUT2D eigenvalue weighted by Crippen LogP contribution is -2.38. The fourth-order valence-electron chi connectivity index (χ4n) is 3.45. The van der Waals surface area contributed by atoms with Crippen molar-refractivity contribution in [3.05, 3.63) is 36.0 Å². The Morgan fingerprint density at radius 2 is 2.19 bits per heavy atom. The molecule has 0 aliphatic heterocycles. The second-order valence-electron chi connectivity index (χ2n) is 6.40. The Morgan fingerprint density at radius 1 is 1.33 bits per heavy atom. The Balaban J connectivity index is 1.54. The number of amides is 1. The Hall–Kier alpha value is -1.77. The van der Waals surface area contributed by atoms with E-state index in [4.69, 9.17) is 0 Å². The van der Waals surface area contributed by atoms with Gasteiger partial charge in [0.2, 0.25) is 5.91 Å². The largest absolute Gasteiger partial charge is 0.361 e. The Kier molecular flexibility index (Phi) is 4.28. The van der Waals surface area contributed by atoms with E-state index in [0.717, 1.165) is 30.7 Å². The molecule has 3 heteroatoms. The maximum atomic E-state index is 12.1. The van der Waals surface area contributed by atoms with Gasteiger partial charge in [0.1, 0.15) is 0 Å². The zero-order valence-corrected chi connectivity index (χ0v) is 12.7. The summed E-state index contributed by atoms with van der Waals surface area (Å²) in [5.41, 5.74) is 2.38. The summed E-state index contributed by atoms with van der Waals surface area (Å²) in [4.78, 5) is 15.4. The second kappa shape index (κ2) is 6.33. The molecule has 3 rings (SSSR count). The molecule has 2 atom stereocenters. The summed E-state index contributed by atoms with van der Waals surface area (Å²) in [5.74, 6) is 0.942. The highest BCUT2D eigenvalue weighted by molar-refractivity contribution is 5.84. The molecule has 1 heterocycles. The molecular weight excluding hydrogens is 260 g/mol. The van der Waals surface area contributed by atoms with Gasteiger partial charge < -0.3 is 10.3 Å². The quantitative estimate of drug-likeness (QED) is 0.881. The molecule has 1 amide bonds. The van der Waals surface area contributed by atoms with Crippen LogP contribution in [-0.4, -0.2) is 16.9 Å². The van der Waals surface area contributed by atoms with Crippen molar-refractivity contribution in [2.45, 2.75) is 51.5 Å². The number of carbonyl (C=O) groups is 1. The third-order valence-corrected chi connectivity index (χ3v) is 4.60. The van der Waals surface area contributed by atoms with Gasteiger partial charge in [-0.15, -0.1) is 0 Å². The van der Waals surface area contributed by atoms with Crippen LogP contribution in [-0.2, 0) is 11.2 Å². The minimum atomic E-state index is 0.194. The number of hydrogen-bond donors (Lipinski definition) is 2. The van der Waals surface area contributed by atoms with Crippen molar-refractivity contribution < 1.29 is 4.79 Å². The molecule has 112 valence electrons. The first-order valence-electron chi connectivity index (χ1n) is 8.06. The molecule has 1 fully saturated rings. The predicted octanol–water partition coefficient (Wildman–Crippen LogP) is 3.80. The highest BCUT2D eigenvalue weighted by Crippen LogP contribution is 2.24. The molecule has 1 aliphatic carbocycles. The summed E-state index contributed by atoms with van der Waals surface area (Å²) in [6.45, 7) is 2.28. The molecule has 0 saturated heterocycles. The fraction of sp³-hybridized carbons (Fsp3) is 0.500. The second-order valence-corrected chi connectivity index (χ2v) is 6.40. The third-order valence-electron chi connectivity index (χ3n) is 4.60. The van der Waals surface area contributed by atoms with Crippen LogP contribution in [0.25, 0.3) is 10.9 Å². The summed E-state index contributed by atoms with van der Waals surface area (Å²) >= 11 is 0. The smallest absolute Gasteiger partial charge is 0.220 e. The topological polar surface area (TPSA) is 44.9 Å². The van der Waals surface area contributed by atoms with Crippen LogP contribution in [0.2, 0.25) is 0 Å². The number of aryl methyl sites for hydroxylation is 1. The summed E-state index contributed by atoms with van der Waals surface area (Å²) in [5, 5.41) is 4.44. The molecule has 1 aromatic carbocycles. The zero-order valence-electron chi connectivity index (χ0n) is 12.7. The molecule has 1 saturated carbocycles. The maximum absolute atomic E-state index is 12.1. The number of benzene rings is 1. The Morgan fingerprint density at radius 3 is 3.05 bits per heavy atom. The van der Waals surface area contributed by atoms with E-state index in [9.17, 15) is 4.79 Å². The van der Waals surface area contributed by atoms with E-state index in [1.54, 1.807) is 0 Å². The Bertz CT molecular complexity index is 616. The number of hydrogen-bond acceptors (Lipinski definition) is 1. The number of para-hydroxylation sites is 1. The van der Waals surface area contributed by atoms with Crippen LogP contribution >= 0.6 is 0 Å². The van der Waals surface area contributed by atoms with E-state index in [1.165, 1.54) is 23.8 Å². The van der Waals surface area contributed by atoms with Crippen molar-refractivity contribution in [1.82, 2.24) is 10.3 Å². The number of H-pyrrole nitrogens is 1. The summed E-state index contributed by atoms with van der Waals surface area (Å²) in [6.07, 6.45) is 8.24. The van der Waals surface area contributed by atoms with Gasteiger partial charge in [0.15, 0.2) is 0 Å². The van der Waals surface area contributed by atoms with E-state index < -0.39 is 0 Å². The van der Waals surface area contributed by atoms with Crippen LogP contribution in [0.5, 0.6) is 0 Å². The third kappa shape index (κ3) is 3.46. The van der Waals surface area contributed by atoms with Crippen LogP contribution in [0.15, 0.2) is 30.5 Å². The molecule has 0 unspecified atom stereocenters. The first-order valence-corrected chi connectivity index (χ1v) is 8.06. The van der Waals surface area contributed by atoms with E-state index >= 15 is 0 Å². The molecule has 3 nitrogen and oxygen atoms in total. The van der Waals surface area contributed by atoms with Gasteiger partial charge in [-0.25, -0.2) is 0 Å². The van der Waals surface area contributed by atoms with Gasteiger partial charge in [-0.3, -0.25) is 4.79 Å². The average Bonchev–Trinajstić information content (AvgIpc) is 2.88. The van der Waals surface area contributed by atoms with Gasteiger partial charge in [0.25, 0.3) is 0 Å². The minimum absolute atomic E-state index is 0.194. The lowest BCUT2D eigenvalue weighted by atomic mass is 9.87. The fourth-order valence-corrected chi connectivity index (χ4v) is 3.45. The van der Waals surface area contributed by atoms with Gasteiger partial charge in [0, 0.05) is 29.6 Å². The van der Waals surface area contributed by atoms with E-state index in [-0.39, 0.29) is 5.91 Å². The van der Waals surface area contributed by atoms with Crippen molar-refractivity contribution in [2.75, 3.05) is 0 Å². The highest BCUT2D eigenvalue weighted by atomic mass is 16.1. The van der Waals surface area contributed by atoms with E-state index in [2.05, 4.69) is 29.4 Å². The molecule has 0 spiro atoms. The van der Waals surface area contributed by atoms with Crippen LogP contribution in [0.1, 0.15) is 44.6 Å². The molecule has 1 aliphatic rings. The summed E-state index contributed by atoms with van der Waals surface area (Å²) in [7, 11) is 0. The number of nitrogens with one attached hydrogen (secondary N) is 2. The van der Waals surface area contributed by atoms with Gasteiger partial charge in [-0.05, 0) is 36.8 Å². The van der Waals surface area contributed by atoms with Crippen molar-refractivity contribution >= 4 is 16.8 Å². The first-order chi connectivity index (χ1) is 10.2. The van der Waals surface area contributed by atoms with E-state index in [0.29, 0.717) is 12.5 Å². The van der Waals surface area contributed by atoms with Crippen LogP contribution in [0.3, 0.4) is 0 Å². The highest BCUT2D eigenvalue weighted by Gasteiger charge is 2.20. The van der Waals surface area contributed by atoms with E-state index in [1.807, 2.05) is 18.3 Å². The maximum Gasteiger partial charge on any atom is 0.220 e.